The maximum atomic E-state index is 13.0. The Morgan fingerprint density at radius 2 is 1.94 bits per heavy atom. The van der Waals surface area contributed by atoms with Crippen LogP contribution in [0.4, 0.5) is 5.69 Å². The van der Waals surface area contributed by atoms with Crippen molar-refractivity contribution in [3.05, 3.63) is 63.8 Å². The Hall–Kier alpha value is -2.75. The van der Waals surface area contributed by atoms with Crippen molar-refractivity contribution in [2.45, 2.75) is 18.2 Å². The van der Waals surface area contributed by atoms with E-state index in [0.717, 1.165) is 25.8 Å². The van der Waals surface area contributed by atoms with Crippen molar-refractivity contribution in [1.29, 1.82) is 0 Å². The highest BCUT2D eigenvalue weighted by Crippen LogP contribution is 2.41. The summed E-state index contributed by atoms with van der Waals surface area (Å²) < 4.78 is 27.2. The van der Waals surface area contributed by atoms with E-state index in [1.54, 1.807) is 40.9 Å². The van der Waals surface area contributed by atoms with Crippen LogP contribution in [0.25, 0.3) is 21.3 Å². The number of thiophene rings is 1. The van der Waals surface area contributed by atoms with Gasteiger partial charge in [0, 0.05) is 22.2 Å². The zero-order valence-electron chi connectivity index (χ0n) is 16.7. The topological polar surface area (TPSA) is 79.4 Å². The van der Waals surface area contributed by atoms with Gasteiger partial charge in [-0.25, -0.2) is 13.4 Å². The zero-order valence-corrected chi connectivity index (χ0v) is 19.1. The van der Waals surface area contributed by atoms with Gasteiger partial charge < -0.3 is 5.32 Å². The first-order valence-corrected chi connectivity index (χ1v) is 12.9. The van der Waals surface area contributed by atoms with E-state index in [4.69, 9.17) is 0 Å². The number of carbonyl (C=O) groups excluding carboxylic acids is 1. The van der Waals surface area contributed by atoms with Crippen molar-refractivity contribution in [2.75, 3.05) is 17.4 Å². The van der Waals surface area contributed by atoms with Crippen LogP contribution in [0.3, 0.4) is 0 Å². The molecule has 0 saturated heterocycles. The highest BCUT2D eigenvalue weighted by Gasteiger charge is 2.36. The van der Waals surface area contributed by atoms with E-state index in [2.05, 4.69) is 10.3 Å². The minimum atomic E-state index is -3.73. The van der Waals surface area contributed by atoms with E-state index in [-0.39, 0.29) is 17.3 Å². The van der Waals surface area contributed by atoms with Gasteiger partial charge in [-0.3, -0.25) is 9.10 Å². The van der Waals surface area contributed by atoms with Crippen LogP contribution < -0.4 is 9.62 Å². The number of rotatable bonds is 6. The summed E-state index contributed by atoms with van der Waals surface area (Å²) in [7, 11) is -3.73. The second kappa shape index (κ2) is 7.74. The van der Waals surface area contributed by atoms with Crippen LogP contribution >= 0.6 is 22.7 Å². The molecule has 3 heterocycles. The third-order valence-corrected chi connectivity index (χ3v) is 8.94. The number of thiazole rings is 1. The number of nitrogens with zero attached hydrogens (tertiary/aromatic N) is 2. The molecule has 5 rings (SSSR count). The van der Waals surface area contributed by atoms with Gasteiger partial charge in [-0.15, -0.1) is 22.7 Å². The lowest BCUT2D eigenvalue weighted by Gasteiger charge is -2.18. The molecular formula is C22H19N3O3S3. The molecule has 1 aliphatic rings. The molecule has 0 radical (unpaired) electrons. The van der Waals surface area contributed by atoms with E-state index in [9.17, 15) is 13.2 Å². The van der Waals surface area contributed by atoms with Crippen molar-refractivity contribution >= 4 is 55.1 Å². The molecule has 1 N–H and O–H groups in total. The number of carbonyl (C=O) groups is 1. The Morgan fingerprint density at radius 1 is 1.13 bits per heavy atom. The number of benzene rings is 2. The minimum absolute atomic E-state index is 0.232. The first kappa shape index (κ1) is 20.2. The highest BCUT2D eigenvalue weighted by atomic mass is 32.2. The van der Waals surface area contributed by atoms with Crippen molar-refractivity contribution in [3.8, 4) is 10.6 Å². The molecule has 2 aromatic heterocycles. The molecule has 0 aliphatic carbocycles. The van der Waals surface area contributed by atoms with Gasteiger partial charge in [-0.1, -0.05) is 24.3 Å². The first-order valence-electron chi connectivity index (χ1n) is 9.76. The van der Waals surface area contributed by atoms with Gasteiger partial charge in [-0.2, -0.15) is 0 Å². The first-order chi connectivity index (χ1) is 14.9. The molecule has 6 nitrogen and oxygen atoms in total. The van der Waals surface area contributed by atoms with Crippen molar-refractivity contribution in [2.24, 2.45) is 0 Å². The molecule has 31 heavy (non-hydrogen) atoms. The van der Waals surface area contributed by atoms with Gasteiger partial charge >= 0.3 is 0 Å². The average molecular weight is 470 g/mol. The molecule has 1 amide bonds. The number of aryl methyl sites for hydroxylation is 1. The van der Waals surface area contributed by atoms with Crippen molar-refractivity contribution in [3.63, 3.8) is 0 Å². The van der Waals surface area contributed by atoms with E-state index in [1.165, 1.54) is 4.31 Å². The summed E-state index contributed by atoms with van der Waals surface area (Å²) in [6.45, 7) is 2.20. The predicted octanol–water partition coefficient (Wildman–Crippen LogP) is 4.20. The molecule has 9 heteroatoms. The monoisotopic (exact) mass is 469 g/mol. The molecule has 0 spiro atoms. The van der Waals surface area contributed by atoms with Crippen molar-refractivity contribution < 1.29 is 13.2 Å². The normalized spacial score (nSPS) is 14.3. The van der Waals surface area contributed by atoms with Crippen LogP contribution in [0.2, 0.25) is 0 Å². The maximum absolute atomic E-state index is 13.0. The Kier molecular flexibility index (Phi) is 5.04. The van der Waals surface area contributed by atoms with Crippen LogP contribution in [0, 0.1) is 6.92 Å². The summed E-state index contributed by atoms with van der Waals surface area (Å²) in [6.07, 6.45) is 0.683. The number of hydrogen-bond donors (Lipinski definition) is 1. The van der Waals surface area contributed by atoms with Gasteiger partial charge in [0.25, 0.3) is 10.0 Å². The minimum Gasteiger partial charge on any atom is -0.354 e. The Labute approximate surface area is 188 Å². The lowest BCUT2D eigenvalue weighted by atomic mass is 10.1. The molecule has 0 saturated carbocycles. The van der Waals surface area contributed by atoms with E-state index < -0.39 is 10.0 Å². The molecule has 0 bridgehead atoms. The molecular weight excluding hydrogens is 450 g/mol. The van der Waals surface area contributed by atoms with E-state index >= 15 is 0 Å². The van der Waals surface area contributed by atoms with E-state index in [0.29, 0.717) is 24.0 Å². The molecule has 158 valence electrons. The summed E-state index contributed by atoms with van der Waals surface area (Å²) in [5, 5.41) is 7.47. The lowest BCUT2D eigenvalue weighted by Crippen LogP contribution is -2.39. The Morgan fingerprint density at radius 3 is 2.71 bits per heavy atom. The molecule has 4 aromatic rings. The Balaban J connectivity index is 1.24. The molecule has 0 fully saturated rings. The largest absolute Gasteiger partial charge is 0.354 e. The summed E-state index contributed by atoms with van der Waals surface area (Å²) >= 11 is 3.28. The van der Waals surface area contributed by atoms with Crippen LogP contribution in [-0.2, 0) is 21.2 Å². The lowest BCUT2D eigenvalue weighted by molar-refractivity contribution is -0.119. The van der Waals surface area contributed by atoms with Gasteiger partial charge in [-0.05, 0) is 43.0 Å². The quantitative estimate of drug-likeness (QED) is 0.459. The fourth-order valence-corrected chi connectivity index (χ4v) is 7.09. The maximum Gasteiger partial charge on any atom is 0.265 e. The van der Waals surface area contributed by atoms with Crippen molar-refractivity contribution in [1.82, 2.24) is 10.3 Å². The Bertz CT molecular complexity index is 1400. The van der Waals surface area contributed by atoms with Crippen LogP contribution in [-0.4, -0.2) is 32.4 Å². The van der Waals surface area contributed by atoms with E-state index in [1.807, 2.05) is 42.6 Å². The summed E-state index contributed by atoms with van der Waals surface area (Å²) in [5.74, 6) is -0.319. The second-order valence-electron chi connectivity index (χ2n) is 7.26. The summed E-state index contributed by atoms with van der Waals surface area (Å²) in [6, 6.07) is 14.7. The fourth-order valence-electron chi connectivity index (χ4n) is 3.77. The van der Waals surface area contributed by atoms with Crippen LogP contribution in [0.1, 0.15) is 9.88 Å². The van der Waals surface area contributed by atoms with Crippen LogP contribution in [0.5, 0.6) is 0 Å². The molecule has 0 atom stereocenters. The smallest absolute Gasteiger partial charge is 0.265 e. The zero-order chi connectivity index (χ0) is 21.6. The number of hydrogen-bond acceptors (Lipinski definition) is 6. The van der Waals surface area contributed by atoms with Crippen LogP contribution in [0.15, 0.2) is 58.8 Å². The third kappa shape index (κ3) is 3.62. The number of aromatic nitrogens is 1. The predicted molar refractivity (Wildman–Crippen MR) is 125 cm³/mol. The average Bonchev–Trinajstić information content (AvgIpc) is 3.44. The standard InChI is InChI=1S/C22H19N3O3S3/c1-14-24-17(13-29-14)19-9-8-16(30-19)10-11-23-21(26)12-25-18-6-2-4-15-5-3-7-20(22(15)18)31(25,27)28/h2-9,13H,10-12H2,1H3,(H,23,26). The molecule has 0 unspecified atom stereocenters. The van der Waals surface area contributed by atoms with Gasteiger partial charge in [0.2, 0.25) is 5.91 Å². The third-order valence-electron chi connectivity index (χ3n) is 5.20. The highest BCUT2D eigenvalue weighted by molar-refractivity contribution is 7.93. The number of sulfonamides is 1. The van der Waals surface area contributed by atoms with Gasteiger partial charge in [0.05, 0.1) is 26.2 Å². The fraction of sp³-hybridized carbons (Fsp3) is 0.182. The number of anilines is 1. The summed E-state index contributed by atoms with van der Waals surface area (Å²) in [4.78, 5) is 19.6. The number of amides is 1. The SMILES string of the molecule is Cc1nc(-c2ccc(CCNC(=O)CN3c4cccc5cccc(c45)S3(=O)=O)s2)cs1. The second-order valence-corrected chi connectivity index (χ2v) is 11.3. The number of nitrogens with one attached hydrogen (secondary N) is 1. The molecule has 2 aromatic carbocycles. The van der Waals surface area contributed by atoms with Gasteiger partial charge in [0.1, 0.15) is 6.54 Å². The van der Waals surface area contributed by atoms with Gasteiger partial charge in [0.15, 0.2) is 0 Å². The summed E-state index contributed by atoms with van der Waals surface area (Å²) in [5.41, 5.74) is 1.54. The molecule has 1 aliphatic heterocycles.